The Balaban J connectivity index is 2.60. The predicted octanol–water partition coefficient (Wildman–Crippen LogP) is 10.5. The highest BCUT2D eigenvalue weighted by molar-refractivity contribution is 5.52. The van der Waals surface area contributed by atoms with E-state index in [4.69, 9.17) is 19.6 Å². The van der Waals surface area contributed by atoms with E-state index >= 15 is 0 Å². The van der Waals surface area contributed by atoms with Gasteiger partial charge in [0.15, 0.2) is 0 Å². The Bertz CT molecular complexity index is 710. The maximum atomic E-state index is 5.92. The molecule has 0 heterocycles. The van der Waals surface area contributed by atoms with E-state index in [-0.39, 0.29) is 5.92 Å². The van der Waals surface area contributed by atoms with Crippen molar-refractivity contribution in [1.29, 1.82) is 0 Å². The average Bonchev–Trinajstić information content (AvgIpc) is 2.75. The van der Waals surface area contributed by atoms with Gasteiger partial charge >= 0.3 is 0 Å². The van der Waals surface area contributed by atoms with Crippen LogP contribution in [0.25, 0.3) is 0 Å². The lowest BCUT2D eigenvalue weighted by Crippen LogP contribution is -2.09. The molecule has 4 heteroatoms. The first-order valence-electron chi connectivity index (χ1n) is 14.6. The standard InChI is InChI=1S/C32H58O4/c1-25(2)27-19-20-28(35-33-23-17-13-11-15-21-31(5,6)7)30(29(27)26(3)4)36-34-24-18-14-12-16-22-32(8,9)10/h19-20,25-26H,11-18,21-24H2,1-10H3. The van der Waals surface area contributed by atoms with Gasteiger partial charge in [0.05, 0.1) is 13.2 Å². The number of hydrogen-bond donors (Lipinski definition) is 0. The van der Waals surface area contributed by atoms with Gasteiger partial charge in [-0.2, -0.15) is 9.78 Å². The second-order valence-electron chi connectivity index (χ2n) is 13.5. The fraction of sp³-hybridized carbons (Fsp3) is 0.812. The Kier molecular flexibility index (Phi) is 15.1. The van der Waals surface area contributed by atoms with Crippen LogP contribution in [0.2, 0.25) is 0 Å². The molecule has 0 atom stereocenters. The Morgan fingerprint density at radius 3 is 1.50 bits per heavy atom. The highest BCUT2D eigenvalue weighted by Crippen LogP contribution is 2.41. The highest BCUT2D eigenvalue weighted by Gasteiger charge is 2.22. The summed E-state index contributed by atoms with van der Waals surface area (Å²) in [6, 6.07) is 4.09. The van der Waals surface area contributed by atoms with Gasteiger partial charge in [0, 0.05) is 5.56 Å². The molecule has 0 bridgehead atoms. The van der Waals surface area contributed by atoms with Crippen LogP contribution in [0.1, 0.15) is 156 Å². The number of benzene rings is 1. The summed E-state index contributed by atoms with van der Waals surface area (Å²) in [6.07, 6.45) is 11.8. The molecule has 1 aromatic rings. The zero-order valence-corrected chi connectivity index (χ0v) is 25.4. The van der Waals surface area contributed by atoms with Gasteiger partial charge in [-0.3, -0.25) is 0 Å². The largest absolute Gasteiger partial charge is 0.333 e. The lowest BCUT2D eigenvalue weighted by atomic mass is 9.89. The fourth-order valence-corrected chi connectivity index (χ4v) is 4.39. The minimum Gasteiger partial charge on any atom is -0.333 e. The molecule has 0 fully saturated rings. The van der Waals surface area contributed by atoms with E-state index in [9.17, 15) is 0 Å². The summed E-state index contributed by atoms with van der Waals surface area (Å²) in [5.74, 6) is 1.93. The molecule has 0 aliphatic heterocycles. The van der Waals surface area contributed by atoms with Gasteiger partial charge in [-0.05, 0) is 60.0 Å². The second-order valence-corrected chi connectivity index (χ2v) is 13.5. The average molecular weight is 507 g/mol. The molecule has 1 rings (SSSR count). The van der Waals surface area contributed by atoms with Crippen LogP contribution in [0.15, 0.2) is 12.1 Å². The van der Waals surface area contributed by atoms with Crippen LogP contribution in [-0.4, -0.2) is 13.2 Å². The van der Waals surface area contributed by atoms with Crippen molar-refractivity contribution in [2.45, 2.75) is 145 Å². The van der Waals surface area contributed by atoms with Gasteiger partial charge in [0.1, 0.15) is 0 Å². The van der Waals surface area contributed by atoms with Gasteiger partial charge in [0.2, 0.25) is 11.5 Å². The first-order valence-corrected chi connectivity index (χ1v) is 14.6. The van der Waals surface area contributed by atoms with E-state index in [1.807, 2.05) is 6.07 Å². The van der Waals surface area contributed by atoms with Gasteiger partial charge < -0.3 is 9.78 Å². The van der Waals surface area contributed by atoms with E-state index in [0.717, 1.165) is 31.2 Å². The number of unbranched alkanes of at least 4 members (excludes halogenated alkanes) is 6. The molecular weight excluding hydrogens is 448 g/mol. The third-order valence-electron chi connectivity index (χ3n) is 6.49. The van der Waals surface area contributed by atoms with Crippen molar-refractivity contribution in [1.82, 2.24) is 0 Å². The first kappa shape index (κ1) is 32.8. The number of rotatable bonds is 18. The van der Waals surface area contributed by atoms with Crippen LogP contribution in [0.3, 0.4) is 0 Å². The molecule has 1 aromatic carbocycles. The minimum atomic E-state index is 0.282. The second kappa shape index (κ2) is 16.6. The smallest absolute Gasteiger partial charge is 0.215 e. The molecule has 4 nitrogen and oxygen atoms in total. The van der Waals surface area contributed by atoms with Crippen molar-refractivity contribution in [2.75, 3.05) is 13.2 Å². The summed E-state index contributed by atoms with van der Waals surface area (Å²) in [4.78, 5) is 23.0. The molecule has 0 N–H and O–H groups in total. The highest BCUT2D eigenvalue weighted by atomic mass is 17.2. The SMILES string of the molecule is CC(C)c1ccc(OOCCCCCCC(C)(C)C)c(OOCCCCCCC(C)(C)C)c1C(C)C. The molecular formula is C32H58O4. The summed E-state index contributed by atoms with van der Waals surface area (Å²) in [6.45, 7) is 23.8. The lowest BCUT2D eigenvalue weighted by molar-refractivity contribution is -0.229. The topological polar surface area (TPSA) is 36.9 Å². The quantitative estimate of drug-likeness (QED) is 0.113. The van der Waals surface area contributed by atoms with Crippen molar-refractivity contribution >= 4 is 0 Å². The van der Waals surface area contributed by atoms with E-state index < -0.39 is 0 Å². The first-order chi connectivity index (χ1) is 16.8. The molecule has 0 aliphatic carbocycles. The molecule has 0 saturated carbocycles. The summed E-state index contributed by atoms with van der Waals surface area (Å²) >= 11 is 0. The monoisotopic (exact) mass is 506 g/mol. The van der Waals surface area contributed by atoms with Gasteiger partial charge in [-0.25, -0.2) is 0 Å². The zero-order chi connectivity index (χ0) is 27.2. The molecule has 0 aromatic heterocycles. The van der Waals surface area contributed by atoms with Crippen LogP contribution in [-0.2, 0) is 9.78 Å². The lowest BCUT2D eigenvalue weighted by Gasteiger charge is -2.21. The van der Waals surface area contributed by atoms with E-state index in [1.54, 1.807) is 0 Å². The Morgan fingerprint density at radius 1 is 0.583 bits per heavy atom. The maximum Gasteiger partial charge on any atom is 0.215 e. The van der Waals surface area contributed by atoms with E-state index in [2.05, 4.69) is 75.3 Å². The van der Waals surface area contributed by atoms with E-state index in [1.165, 1.54) is 44.1 Å². The molecule has 0 unspecified atom stereocenters. The number of hydrogen-bond acceptors (Lipinski definition) is 4. The van der Waals surface area contributed by atoms with Crippen LogP contribution in [0, 0.1) is 10.8 Å². The minimum absolute atomic E-state index is 0.282. The molecule has 0 saturated heterocycles. The molecule has 36 heavy (non-hydrogen) atoms. The summed E-state index contributed by atoms with van der Waals surface area (Å²) < 4.78 is 0. The Labute approximate surface area is 223 Å². The van der Waals surface area contributed by atoms with Crippen molar-refractivity contribution < 1.29 is 19.6 Å². The van der Waals surface area contributed by atoms with Crippen LogP contribution >= 0.6 is 0 Å². The Hall–Kier alpha value is -1.26. The predicted molar refractivity (Wildman–Crippen MR) is 153 cm³/mol. The summed E-state index contributed by atoms with van der Waals surface area (Å²) in [7, 11) is 0. The third-order valence-corrected chi connectivity index (χ3v) is 6.49. The van der Waals surface area contributed by atoms with Crippen molar-refractivity contribution in [3.63, 3.8) is 0 Å². The third kappa shape index (κ3) is 14.5. The van der Waals surface area contributed by atoms with Crippen molar-refractivity contribution in [2.24, 2.45) is 10.8 Å². The Morgan fingerprint density at radius 2 is 1.06 bits per heavy atom. The van der Waals surface area contributed by atoms with Gasteiger partial charge in [0.25, 0.3) is 0 Å². The summed E-state index contributed by atoms with van der Waals surface area (Å²) in [5.41, 5.74) is 3.23. The van der Waals surface area contributed by atoms with Crippen molar-refractivity contribution in [3.8, 4) is 11.5 Å². The van der Waals surface area contributed by atoms with Gasteiger partial charge in [-0.15, -0.1) is 0 Å². The van der Waals surface area contributed by atoms with Crippen LogP contribution in [0.4, 0.5) is 0 Å². The molecule has 0 radical (unpaired) electrons. The normalized spacial score (nSPS) is 12.6. The van der Waals surface area contributed by atoms with Gasteiger partial charge in [-0.1, -0.05) is 114 Å². The maximum absolute atomic E-state index is 5.92. The fourth-order valence-electron chi connectivity index (χ4n) is 4.39. The van der Waals surface area contributed by atoms with Crippen molar-refractivity contribution in [3.05, 3.63) is 23.3 Å². The van der Waals surface area contributed by atoms with Crippen LogP contribution < -0.4 is 9.78 Å². The van der Waals surface area contributed by atoms with Crippen LogP contribution in [0.5, 0.6) is 11.5 Å². The molecule has 0 amide bonds. The zero-order valence-electron chi connectivity index (χ0n) is 25.4. The molecule has 0 aliphatic rings. The molecule has 210 valence electrons. The summed E-state index contributed by atoms with van der Waals surface area (Å²) in [5, 5.41) is 0. The molecule has 0 spiro atoms. The van der Waals surface area contributed by atoms with E-state index in [0.29, 0.717) is 41.5 Å².